The number of carbonyl (C=O) groups excluding carboxylic acids is 1. The van der Waals surface area contributed by atoms with Crippen LogP contribution in [0.4, 0.5) is 4.39 Å². The number of rotatable bonds is 7. The van der Waals surface area contributed by atoms with Crippen molar-refractivity contribution in [2.45, 2.75) is 6.54 Å². The second-order valence-electron chi connectivity index (χ2n) is 5.39. The first-order valence-corrected chi connectivity index (χ1v) is 8.18. The summed E-state index contributed by atoms with van der Waals surface area (Å²) in [5, 5.41) is 2.67. The maximum Gasteiger partial charge on any atom is 0.247 e. The van der Waals surface area contributed by atoms with Gasteiger partial charge in [-0.25, -0.2) is 9.37 Å². The minimum atomic E-state index is -0.274. The molecule has 6 heteroatoms. The van der Waals surface area contributed by atoms with Crippen LogP contribution in [0.3, 0.4) is 0 Å². The lowest BCUT2D eigenvalue weighted by Gasteiger charge is -2.23. The lowest BCUT2D eigenvalue weighted by Crippen LogP contribution is -2.35. The highest BCUT2D eigenvalue weighted by Gasteiger charge is 2.12. The number of likely N-dealkylation sites (N-methyl/N-ethyl adjacent to an activating group) is 1. The van der Waals surface area contributed by atoms with Crippen LogP contribution in [0.15, 0.2) is 41.9 Å². The Morgan fingerprint density at radius 3 is 2.61 bits per heavy atom. The number of hydrogen-bond acceptors (Lipinski definition) is 4. The molecule has 0 unspecified atom stereocenters. The molecule has 0 aliphatic carbocycles. The van der Waals surface area contributed by atoms with Crippen LogP contribution in [0.25, 0.3) is 6.08 Å². The molecule has 0 radical (unpaired) electrons. The van der Waals surface area contributed by atoms with Crippen molar-refractivity contribution in [1.29, 1.82) is 0 Å². The first-order valence-electron chi connectivity index (χ1n) is 7.30. The largest absolute Gasteiger partial charge is 0.334 e. The van der Waals surface area contributed by atoms with Crippen molar-refractivity contribution in [1.82, 2.24) is 14.8 Å². The fourth-order valence-corrected chi connectivity index (χ4v) is 2.49. The summed E-state index contributed by atoms with van der Waals surface area (Å²) in [5.41, 5.74) is 0.904. The van der Waals surface area contributed by atoms with Crippen LogP contribution in [0.5, 0.6) is 0 Å². The van der Waals surface area contributed by atoms with Gasteiger partial charge >= 0.3 is 0 Å². The van der Waals surface area contributed by atoms with Gasteiger partial charge in [0.05, 0.1) is 0 Å². The van der Waals surface area contributed by atoms with E-state index in [0.717, 1.165) is 17.1 Å². The third-order valence-electron chi connectivity index (χ3n) is 3.24. The predicted molar refractivity (Wildman–Crippen MR) is 91.5 cm³/mol. The van der Waals surface area contributed by atoms with Crippen molar-refractivity contribution in [3.8, 4) is 0 Å². The van der Waals surface area contributed by atoms with E-state index < -0.39 is 0 Å². The molecule has 23 heavy (non-hydrogen) atoms. The Bertz CT molecular complexity index is 638. The molecular formula is C17H20FN3OS. The summed E-state index contributed by atoms with van der Waals surface area (Å²) < 4.78 is 13.0. The fraction of sp³-hybridized carbons (Fsp3) is 0.294. The zero-order valence-electron chi connectivity index (χ0n) is 13.3. The summed E-state index contributed by atoms with van der Waals surface area (Å²) in [6.45, 7) is 1.82. The Morgan fingerprint density at radius 1 is 1.26 bits per heavy atom. The number of aromatic nitrogens is 1. The lowest BCUT2D eigenvalue weighted by molar-refractivity contribution is -0.126. The molecular weight excluding hydrogens is 313 g/mol. The quantitative estimate of drug-likeness (QED) is 0.731. The van der Waals surface area contributed by atoms with Gasteiger partial charge in [0.15, 0.2) is 0 Å². The van der Waals surface area contributed by atoms with Crippen LogP contribution in [0, 0.1) is 5.82 Å². The van der Waals surface area contributed by atoms with Crippen molar-refractivity contribution in [2.24, 2.45) is 0 Å². The van der Waals surface area contributed by atoms with E-state index in [1.807, 2.05) is 24.4 Å². The van der Waals surface area contributed by atoms with Gasteiger partial charge in [0.1, 0.15) is 10.8 Å². The van der Waals surface area contributed by atoms with Crippen molar-refractivity contribution in [3.63, 3.8) is 0 Å². The molecule has 2 rings (SSSR count). The van der Waals surface area contributed by atoms with E-state index in [2.05, 4.69) is 4.98 Å². The van der Waals surface area contributed by atoms with Crippen LogP contribution in [0.1, 0.15) is 10.6 Å². The van der Waals surface area contributed by atoms with E-state index in [9.17, 15) is 9.18 Å². The second-order valence-corrected chi connectivity index (χ2v) is 6.32. The zero-order chi connectivity index (χ0) is 16.7. The minimum absolute atomic E-state index is 0.0774. The average molecular weight is 333 g/mol. The summed E-state index contributed by atoms with van der Waals surface area (Å²) in [6.07, 6.45) is 4.97. The van der Waals surface area contributed by atoms with Gasteiger partial charge in [0.25, 0.3) is 0 Å². The molecule has 2 aromatic rings. The molecule has 0 saturated heterocycles. The van der Waals surface area contributed by atoms with E-state index in [0.29, 0.717) is 13.1 Å². The Labute approximate surface area is 139 Å². The van der Waals surface area contributed by atoms with Gasteiger partial charge < -0.3 is 9.80 Å². The molecule has 0 N–H and O–H groups in total. The number of nitrogens with zero attached hydrogens (tertiary/aromatic N) is 3. The van der Waals surface area contributed by atoms with Crippen molar-refractivity contribution >= 4 is 23.3 Å². The zero-order valence-corrected chi connectivity index (χ0v) is 14.1. The van der Waals surface area contributed by atoms with Gasteiger partial charge in [0, 0.05) is 37.3 Å². The third kappa shape index (κ3) is 5.92. The van der Waals surface area contributed by atoms with Crippen molar-refractivity contribution in [3.05, 3.63) is 58.3 Å². The van der Waals surface area contributed by atoms with Gasteiger partial charge in [-0.05, 0) is 37.9 Å². The molecule has 122 valence electrons. The van der Waals surface area contributed by atoms with Crippen LogP contribution in [0.2, 0.25) is 0 Å². The van der Waals surface area contributed by atoms with Crippen LogP contribution in [-0.2, 0) is 11.3 Å². The van der Waals surface area contributed by atoms with Gasteiger partial charge in [0.2, 0.25) is 5.91 Å². The van der Waals surface area contributed by atoms with Crippen molar-refractivity contribution < 1.29 is 9.18 Å². The molecule has 1 heterocycles. The smallest absolute Gasteiger partial charge is 0.247 e. The highest BCUT2D eigenvalue weighted by atomic mass is 32.1. The molecule has 0 aliphatic rings. The average Bonchev–Trinajstić information content (AvgIpc) is 3.04. The molecule has 1 aromatic carbocycles. The Hall–Kier alpha value is -2.05. The van der Waals surface area contributed by atoms with Gasteiger partial charge in [-0.2, -0.15) is 0 Å². The number of hydrogen-bond donors (Lipinski definition) is 0. The molecule has 0 aliphatic heterocycles. The molecule has 0 bridgehead atoms. The first-order chi connectivity index (χ1) is 11.0. The topological polar surface area (TPSA) is 36.4 Å². The summed E-state index contributed by atoms with van der Waals surface area (Å²) in [5.74, 6) is -0.352. The minimum Gasteiger partial charge on any atom is -0.334 e. The van der Waals surface area contributed by atoms with Gasteiger partial charge in [-0.15, -0.1) is 11.3 Å². The van der Waals surface area contributed by atoms with E-state index in [1.165, 1.54) is 29.5 Å². The van der Waals surface area contributed by atoms with Crippen LogP contribution < -0.4 is 0 Å². The fourth-order valence-electron chi connectivity index (χ4n) is 1.96. The summed E-state index contributed by atoms with van der Waals surface area (Å²) >= 11 is 1.48. The highest BCUT2D eigenvalue weighted by molar-refractivity contribution is 7.10. The summed E-state index contributed by atoms with van der Waals surface area (Å²) in [7, 11) is 3.93. The Kier molecular flexibility index (Phi) is 6.43. The highest BCUT2D eigenvalue weighted by Crippen LogP contribution is 2.10. The molecule has 0 fully saturated rings. The second kappa shape index (κ2) is 8.55. The van der Waals surface area contributed by atoms with Gasteiger partial charge in [-0.1, -0.05) is 12.1 Å². The van der Waals surface area contributed by atoms with E-state index in [1.54, 1.807) is 29.3 Å². The normalized spacial score (nSPS) is 11.3. The Balaban J connectivity index is 2.05. The first kappa shape index (κ1) is 17.3. The maximum atomic E-state index is 13.0. The van der Waals surface area contributed by atoms with Crippen molar-refractivity contribution in [2.75, 3.05) is 27.2 Å². The van der Waals surface area contributed by atoms with E-state index in [-0.39, 0.29) is 11.7 Å². The molecule has 1 aromatic heterocycles. The number of thiazole rings is 1. The molecule has 0 atom stereocenters. The Morgan fingerprint density at radius 2 is 2.00 bits per heavy atom. The maximum absolute atomic E-state index is 13.0. The summed E-state index contributed by atoms with van der Waals surface area (Å²) in [4.78, 5) is 20.3. The summed E-state index contributed by atoms with van der Waals surface area (Å²) in [6, 6.07) is 6.23. The molecule has 4 nitrogen and oxygen atoms in total. The molecule has 0 spiro atoms. The van der Waals surface area contributed by atoms with Crippen LogP contribution in [-0.4, -0.2) is 47.9 Å². The van der Waals surface area contributed by atoms with E-state index in [4.69, 9.17) is 0 Å². The van der Waals surface area contributed by atoms with E-state index >= 15 is 0 Å². The third-order valence-corrected chi connectivity index (χ3v) is 3.98. The molecule has 1 amide bonds. The lowest BCUT2D eigenvalue weighted by atomic mass is 10.2. The monoisotopic (exact) mass is 333 g/mol. The number of benzene rings is 1. The number of amides is 1. The van der Waals surface area contributed by atoms with Crippen LogP contribution >= 0.6 is 11.3 Å². The standard InChI is InChI=1S/C17H20FN3OS/c1-20(2)10-11-21(13-14-3-5-15(18)6-4-14)17(22)8-7-16-19-9-12-23-16/h3-9,12H,10-11,13H2,1-2H3/b8-7+. The SMILES string of the molecule is CN(C)CCN(Cc1ccc(F)cc1)C(=O)/C=C/c1nccs1. The van der Waals surface area contributed by atoms with Gasteiger partial charge in [-0.3, -0.25) is 4.79 Å². The number of halogens is 1. The molecule has 0 saturated carbocycles. The number of carbonyl (C=O) groups is 1. The predicted octanol–water partition coefficient (Wildman–Crippen LogP) is 2.89.